The maximum atomic E-state index is 12.5. The summed E-state index contributed by atoms with van der Waals surface area (Å²) in [5, 5.41) is 7.31. The van der Waals surface area contributed by atoms with Crippen LogP contribution < -0.4 is 0 Å². The summed E-state index contributed by atoms with van der Waals surface area (Å²) in [5.41, 5.74) is 5.30. The molecule has 1 aliphatic heterocycles. The van der Waals surface area contributed by atoms with E-state index in [-0.39, 0.29) is 11.9 Å². The largest absolute Gasteiger partial charge is 0.327 e. The van der Waals surface area contributed by atoms with E-state index in [1.807, 2.05) is 49.4 Å². The van der Waals surface area contributed by atoms with Crippen molar-refractivity contribution in [1.29, 1.82) is 0 Å². The number of benzene rings is 1. The number of nitrogens with zero attached hydrogens (tertiary/aromatic N) is 3. The summed E-state index contributed by atoms with van der Waals surface area (Å²) in [4.78, 5) is 18.7. The molecule has 1 amide bonds. The first kappa shape index (κ1) is 13.7. The van der Waals surface area contributed by atoms with E-state index >= 15 is 0 Å². The molecule has 0 saturated carbocycles. The Labute approximate surface area is 134 Å². The van der Waals surface area contributed by atoms with Crippen molar-refractivity contribution in [2.24, 2.45) is 0 Å². The van der Waals surface area contributed by atoms with Gasteiger partial charge in [-0.25, -0.2) is 0 Å². The van der Waals surface area contributed by atoms with Gasteiger partial charge in [-0.2, -0.15) is 5.10 Å². The number of rotatable bonds is 2. The molecule has 0 fully saturated rings. The molecule has 0 spiro atoms. The van der Waals surface area contributed by atoms with Crippen LogP contribution >= 0.6 is 0 Å². The van der Waals surface area contributed by atoms with Crippen LogP contribution in [0.4, 0.5) is 0 Å². The standard InChI is InChI=1S/C18H16N4O/c1-11-6-8-12(9-7-11)15-14-16(21-20-15)18(23)22(2)17(14)13-5-3-4-10-19-13/h3-10,17H,1-2H3,(H,20,21). The van der Waals surface area contributed by atoms with E-state index < -0.39 is 0 Å². The van der Waals surface area contributed by atoms with Gasteiger partial charge in [-0.05, 0) is 19.1 Å². The van der Waals surface area contributed by atoms with E-state index in [2.05, 4.69) is 15.2 Å². The number of carbonyl (C=O) groups excluding carboxylic acids is 1. The van der Waals surface area contributed by atoms with E-state index in [9.17, 15) is 4.79 Å². The van der Waals surface area contributed by atoms with E-state index in [4.69, 9.17) is 0 Å². The zero-order valence-corrected chi connectivity index (χ0v) is 12.9. The van der Waals surface area contributed by atoms with Crippen LogP contribution in [0.25, 0.3) is 11.3 Å². The fraction of sp³-hybridized carbons (Fsp3) is 0.167. The predicted molar refractivity (Wildman–Crippen MR) is 86.9 cm³/mol. The first-order chi connectivity index (χ1) is 11.2. The van der Waals surface area contributed by atoms with E-state index in [0.717, 1.165) is 22.5 Å². The summed E-state index contributed by atoms with van der Waals surface area (Å²) in [5.74, 6) is -0.0542. The number of hydrogen-bond acceptors (Lipinski definition) is 3. The minimum Gasteiger partial charge on any atom is -0.327 e. The Morgan fingerprint density at radius 1 is 1.13 bits per heavy atom. The molecule has 5 heteroatoms. The maximum Gasteiger partial charge on any atom is 0.272 e. The van der Waals surface area contributed by atoms with Crippen molar-refractivity contribution in [2.75, 3.05) is 7.05 Å². The molecule has 0 bridgehead atoms. The monoisotopic (exact) mass is 304 g/mol. The summed E-state index contributed by atoms with van der Waals surface area (Å²) < 4.78 is 0. The topological polar surface area (TPSA) is 61.9 Å². The minimum atomic E-state index is -0.214. The lowest BCUT2D eigenvalue weighted by Gasteiger charge is -2.20. The lowest BCUT2D eigenvalue weighted by molar-refractivity contribution is 0.0786. The molecule has 3 heterocycles. The van der Waals surface area contributed by atoms with E-state index in [1.165, 1.54) is 5.56 Å². The molecule has 0 radical (unpaired) electrons. The minimum absolute atomic E-state index is 0.0542. The molecular weight excluding hydrogens is 288 g/mol. The van der Waals surface area contributed by atoms with Crippen molar-refractivity contribution in [3.05, 3.63) is 71.2 Å². The summed E-state index contributed by atoms with van der Waals surface area (Å²) in [7, 11) is 1.80. The number of H-pyrrole nitrogens is 1. The second-order valence-corrected chi connectivity index (χ2v) is 5.80. The second kappa shape index (κ2) is 5.05. The molecule has 23 heavy (non-hydrogen) atoms. The lowest BCUT2D eigenvalue weighted by atomic mass is 9.99. The Balaban J connectivity index is 1.90. The fourth-order valence-corrected chi connectivity index (χ4v) is 3.08. The molecule has 1 aliphatic rings. The van der Waals surface area contributed by atoms with Crippen molar-refractivity contribution in [3.8, 4) is 11.3 Å². The van der Waals surface area contributed by atoms with Gasteiger partial charge in [0, 0.05) is 24.4 Å². The van der Waals surface area contributed by atoms with Gasteiger partial charge in [-0.15, -0.1) is 0 Å². The summed E-state index contributed by atoms with van der Waals surface area (Å²) >= 11 is 0. The Morgan fingerprint density at radius 3 is 2.61 bits per heavy atom. The van der Waals surface area contributed by atoms with Crippen LogP contribution in [-0.2, 0) is 0 Å². The van der Waals surface area contributed by atoms with Crippen molar-refractivity contribution < 1.29 is 4.79 Å². The lowest BCUT2D eigenvalue weighted by Crippen LogP contribution is -2.25. The van der Waals surface area contributed by atoms with Crippen LogP contribution in [0.1, 0.15) is 33.4 Å². The third-order valence-electron chi connectivity index (χ3n) is 4.29. The van der Waals surface area contributed by atoms with Gasteiger partial charge in [0.05, 0.1) is 11.4 Å². The van der Waals surface area contributed by atoms with Crippen molar-refractivity contribution >= 4 is 5.91 Å². The van der Waals surface area contributed by atoms with Gasteiger partial charge < -0.3 is 4.90 Å². The Bertz CT molecular complexity index is 868. The highest BCUT2D eigenvalue weighted by molar-refractivity contribution is 5.99. The molecule has 1 N–H and O–H groups in total. The number of aromatic amines is 1. The third kappa shape index (κ3) is 2.04. The summed E-state index contributed by atoms with van der Waals surface area (Å²) in [6.07, 6.45) is 1.75. The summed E-state index contributed by atoms with van der Waals surface area (Å²) in [6.45, 7) is 2.05. The average molecular weight is 304 g/mol. The molecule has 0 aliphatic carbocycles. The molecule has 4 rings (SSSR count). The Hall–Kier alpha value is -2.95. The van der Waals surface area contributed by atoms with Crippen LogP contribution in [0.3, 0.4) is 0 Å². The number of aromatic nitrogens is 3. The Morgan fingerprint density at radius 2 is 1.91 bits per heavy atom. The number of nitrogens with one attached hydrogen (secondary N) is 1. The van der Waals surface area contributed by atoms with Crippen LogP contribution in [0.15, 0.2) is 48.7 Å². The van der Waals surface area contributed by atoms with Gasteiger partial charge >= 0.3 is 0 Å². The highest BCUT2D eigenvalue weighted by Crippen LogP contribution is 2.40. The average Bonchev–Trinajstić information content (AvgIpc) is 3.10. The van der Waals surface area contributed by atoms with Gasteiger partial charge in [0.25, 0.3) is 5.91 Å². The molecule has 1 unspecified atom stereocenters. The van der Waals surface area contributed by atoms with Crippen LogP contribution in [0.2, 0.25) is 0 Å². The quantitative estimate of drug-likeness (QED) is 0.791. The zero-order valence-electron chi connectivity index (χ0n) is 12.9. The molecule has 1 atom stereocenters. The number of fused-ring (bicyclic) bond motifs is 1. The van der Waals surface area contributed by atoms with Crippen LogP contribution in [0, 0.1) is 6.92 Å². The zero-order chi connectivity index (χ0) is 16.0. The Kier molecular flexibility index (Phi) is 3.01. The maximum absolute atomic E-state index is 12.5. The van der Waals surface area contributed by atoms with Crippen molar-refractivity contribution in [2.45, 2.75) is 13.0 Å². The number of hydrogen-bond donors (Lipinski definition) is 1. The fourth-order valence-electron chi connectivity index (χ4n) is 3.08. The molecule has 114 valence electrons. The molecule has 3 aromatic rings. The molecule has 0 saturated heterocycles. The number of carbonyl (C=O) groups is 1. The van der Waals surface area contributed by atoms with Crippen molar-refractivity contribution in [3.63, 3.8) is 0 Å². The third-order valence-corrected chi connectivity index (χ3v) is 4.29. The molecule has 1 aromatic carbocycles. The van der Waals surface area contributed by atoms with E-state index in [0.29, 0.717) is 5.69 Å². The SMILES string of the molecule is Cc1ccc(-c2n[nH]c3c2C(c2ccccn2)N(C)C3=O)cc1. The molecule has 2 aromatic heterocycles. The molecule has 5 nitrogen and oxygen atoms in total. The number of pyridine rings is 1. The number of amides is 1. The van der Waals surface area contributed by atoms with Gasteiger partial charge in [0.2, 0.25) is 0 Å². The van der Waals surface area contributed by atoms with Gasteiger partial charge in [-0.1, -0.05) is 35.9 Å². The number of aryl methyl sites for hydroxylation is 1. The van der Waals surface area contributed by atoms with Gasteiger partial charge in [0.1, 0.15) is 11.7 Å². The van der Waals surface area contributed by atoms with Crippen LogP contribution in [0.5, 0.6) is 0 Å². The van der Waals surface area contributed by atoms with Gasteiger partial charge in [-0.3, -0.25) is 14.9 Å². The van der Waals surface area contributed by atoms with Gasteiger partial charge in [0.15, 0.2) is 0 Å². The highest BCUT2D eigenvalue weighted by Gasteiger charge is 2.40. The smallest absolute Gasteiger partial charge is 0.272 e. The second-order valence-electron chi connectivity index (χ2n) is 5.80. The van der Waals surface area contributed by atoms with Crippen molar-refractivity contribution in [1.82, 2.24) is 20.1 Å². The first-order valence-corrected chi connectivity index (χ1v) is 7.50. The normalized spacial score (nSPS) is 16.7. The van der Waals surface area contributed by atoms with E-state index in [1.54, 1.807) is 18.1 Å². The highest BCUT2D eigenvalue weighted by atomic mass is 16.2. The predicted octanol–water partition coefficient (Wildman–Crippen LogP) is 2.96. The molecular formula is C18H16N4O. The van der Waals surface area contributed by atoms with Crippen LogP contribution in [-0.4, -0.2) is 33.0 Å². The summed E-state index contributed by atoms with van der Waals surface area (Å²) in [6, 6.07) is 13.7. The first-order valence-electron chi connectivity index (χ1n) is 7.50.